The third kappa shape index (κ3) is 4.97. The zero-order valence-electron chi connectivity index (χ0n) is 17.2. The number of benzene rings is 3. The zero-order chi connectivity index (χ0) is 22.3. The lowest BCUT2D eigenvalue weighted by Crippen LogP contribution is -2.37. The first-order valence-corrected chi connectivity index (χ1v) is 10.2. The predicted octanol–water partition coefficient (Wildman–Crippen LogP) is 4.41. The summed E-state index contributed by atoms with van der Waals surface area (Å²) in [7, 11) is 0. The molecular weight excluding hydrogens is 413 g/mol. The first-order chi connectivity index (χ1) is 15.6. The highest BCUT2D eigenvalue weighted by molar-refractivity contribution is 6.01. The van der Waals surface area contributed by atoms with Crippen molar-refractivity contribution >= 4 is 23.3 Å². The summed E-state index contributed by atoms with van der Waals surface area (Å²) in [6, 6.07) is 19.6. The number of hydrogen-bond acceptors (Lipinski definition) is 4. The van der Waals surface area contributed by atoms with Crippen LogP contribution < -0.4 is 25.0 Å². The van der Waals surface area contributed by atoms with Crippen LogP contribution in [0.2, 0.25) is 0 Å². The number of halogens is 1. The molecule has 8 heteroatoms. The Morgan fingerprint density at radius 3 is 2.50 bits per heavy atom. The number of ether oxygens (including phenoxy) is 2. The third-order valence-corrected chi connectivity index (χ3v) is 4.91. The molecule has 0 saturated heterocycles. The van der Waals surface area contributed by atoms with Crippen molar-refractivity contribution in [2.45, 2.75) is 6.42 Å². The van der Waals surface area contributed by atoms with E-state index in [-0.39, 0.29) is 18.4 Å². The van der Waals surface area contributed by atoms with Gasteiger partial charge in [0, 0.05) is 24.3 Å². The summed E-state index contributed by atoms with van der Waals surface area (Å²) >= 11 is 0. The minimum Gasteiger partial charge on any atom is -0.454 e. The molecule has 1 aliphatic rings. The maximum absolute atomic E-state index is 14.0. The molecule has 7 nitrogen and oxygen atoms in total. The summed E-state index contributed by atoms with van der Waals surface area (Å²) < 4.78 is 24.5. The fourth-order valence-corrected chi connectivity index (χ4v) is 3.28. The smallest absolute Gasteiger partial charge is 0.326 e. The molecule has 3 amide bonds. The number of hydrogen-bond donors (Lipinski definition) is 2. The van der Waals surface area contributed by atoms with E-state index in [2.05, 4.69) is 10.6 Å². The van der Waals surface area contributed by atoms with Gasteiger partial charge >= 0.3 is 6.03 Å². The molecule has 0 saturated carbocycles. The van der Waals surface area contributed by atoms with E-state index in [0.717, 1.165) is 0 Å². The molecule has 32 heavy (non-hydrogen) atoms. The van der Waals surface area contributed by atoms with Crippen LogP contribution >= 0.6 is 0 Å². The zero-order valence-corrected chi connectivity index (χ0v) is 17.2. The maximum atomic E-state index is 14.0. The average Bonchev–Trinajstić information content (AvgIpc) is 3.29. The molecule has 1 aliphatic heterocycles. The summed E-state index contributed by atoms with van der Waals surface area (Å²) in [6.45, 7) is 0.819. The Hall–Kier alpha value is -4.07. The van der Waals surface area contributed by atoms with Crippen molar-refractivity contribution in [1.29, 1.82) is 0 Å². The van der Waals surface area contributed by atoms with Gasteiger partial charge in [-0.1, -0.05) is 30.3 Å². The number of rotatable bonds is 7. The van der Waals surface area contributed by atoms with E-state index >= 15 is 0 Å². The van der Waals surface area contributed by atoms with Crippen LogP contribution in [-0.2, 0) is 0 Å². The van der Waals surface area contributed by atoms with Gasteiger partial charge in [0.2, 0.25) is 6.79 Å². The van der Waals surface area contributed by atoms with E-state index in [9.17, 15) is 14.0 Å². The van der Waals surface area contributed by atoms with E-state index in [1.54, 1.807) is 42.5 Å². The maximum Gasteiger partial charge on any atom is 0.326 e. The standard InChI is InChI=1S/C24H22FN3O4/c25-19-9-4-5-10-20(19)27-24(30)28(18-7-2-1-3-8-18)14-6-13-26-23(29)17-11-12-21-22(15-17)32-16-31-21/h1-5,7-12,15H,6,13-14,16H2,(H,26,29)(H,27,30). The van der Waals surface area contributed by atoms with Gasteiger partial charge in [0.15, 0.2) is 11.5 Å². The SMILES string of the molecule is O=C(NCCCN(C(=O)Nc1ccccc1F)c1ccccc1)c1ccc2c(c1)OCO2. The molecule has 2 N–H and O–H groups in total. The van der Waals surface area contributed by atoms with Gasteiger partial charge in [-0.15, -0.1) is 0 Å². The van der Waals surface area contributed by atoms with Crippen molar-refractivity contribution in [3.8, 4) is 11.5 Å². The highest BCUT2D eigenvalue weighted by Crippen LogP contribution is 2.32. The Balaban J connectivity index is 1.36. The van der Waals surface area contributed by atoms with Crippen molar-refractivity contribution in [3.63, 3.8) is 0 Å². The second kappa shape index (κ2) is 9.82. The summed E-state index contributed by atoms with van der Waals surface area (Å²) in [5.74, 6) is 0.397. The average molecular weight is 435 g/mol. The van der Waals surface area contributed by atoms with Crippen molar-refractivity contribution in [2.24, 2.45) is 0 Å². The van der Waals surface area contributed by atoms with E-state index in [1.165, 1.54) is 17.0 Å². The van der Waals surface area contributed by atoms with Crippen molar-refractivity contribution in [2.75, 3.05) is 30.1 Å². The van der Waals surface area contributed by atoms with Gasteiger partial charge in [-0.25, -0.2) is 9.18 Å². The number of carbonyl (C=O) groups excluding carboxylic acids is 2. The molecular formula is C24H22FN3O4. The van der Waals surface area contributed by atoms with Crippen molar-refractivity contribution in [3.05, 3.63) is 84.2 Å². The third-order valence-electron chi connectivity index (χ3n) is 4.91. The molecule has 4 rings (SSSR count). The fourth-order valence-electron chi connectivity index (χ4n) is 3.28. The molecule has 0 aromatic heterocycles. The molecule has 164 valence electrons. The highest BCUT2D eigenvalue weighted by Gasteiger charge is 2.18. The number of amides is 3. The molecule has 0 bridgehead atoms. The monoisotopic (exact) mass is 435 g/mol. The normalized spacial score (nSPS) is 11.7. The molecule has 0 aliphatic carbocycles. The number of nitrogens with one attached hydrogen (secondary N) is 2. The van der Waals surface area contributed by atoms with Crippen LogP contribution in [0.3, 0.4) is 0 Å². The summed E-state index contributed by atoms with van der Waals surface area (Å²) in [6.07, 6.45) is 0.496. The molecule has 0 radical (unpaired) electrons. The Labute approximate surface area is 184 Å². The quantitative estimate of drug-likeness (QED) is 0.539. The van der Waals surface area contributed by atoms with Gasteiger partial charge in [0.25, 0.3) is 5.91 Å². The first kappa shape index (κ1) is 21.2. The topological polar surface area (TPSA) is 79.9 Å². The molecule has 1 heterocycles. The van der Waals surface area contributed by atoms with Gasteiger partial charge in [0.1, 0.15) is 5.82 Å². The van der Waals surface area contributed by atoms with Crippen LogP contribution in [0, 0.1) is 5.82 Å². The van der Waals surface area contributed by atoms with E-state index in [1.807, 2.05) is 18.2 Å². The minimum atomic E-state index is -0.509. The first-order valence-electron chi connectivity index (χ1n) is 10.2. The molecule has 0 fully saturated rings. The number of anilines is 2. The molecule has 0 unspecified atom stereocenters. The summed E-state index contributed by atoms with van der Waals surface area (Å²) in [5, 5.41) is 5.45. The number of para-hydroxylation sites is 2. The number of nitrogens with zero attached hydrogens (tertiary/aromatic N) is 1. The number of urea groups is 1. The van der Waals surface area contributed by atoms with Crippen LogP contribution in [0.25, 0.3) is 0 Å². The fraction of sp³-hybridized carbons (Fsp3) is 0.167. The highest BCUT2D eigenvalue weighted by atomic mass is 19.1. The molecule has 3 aromatic rings. The summed E-state index contributed by atoms with van der Waals surface area (Å²) in [5.41, 5.74) is 1.24. The minimum absolute atomic E-state index is 0.106. The van der Waals surface area contributed by atoms with Crippen molar-refractivity contribution < 1.29 is 23.5 Å². The van der Waals surface area contributed by atoms with E-state index in [4.69, 9.17) is 9.47 Å². The largest absolute Gasteiger partial charge is 0.454 e. The summed E-state index contributed by atoms with van der Waals surface area (Å²) in [4.78, 5) is 26.8. The Bertz CT molecular complexity index is 1110. The van der Waals surface area contributed by atoms with Gasteiger partial charge in [-0.05, 0) is 48.9 Å². The Morgan fingerprint density at radius 2 is 1.69 bits per heavy atom. The molecule has 3 aromatic carbocycles. The lowest BCUT2D eigenvalue weighted by atomic mass is 10.2. The number of fused-ring (bicyclic) bond motifs is 1. The van der Waals surface area contributed by atoms with Crippen LogP contribution in [0.1, 0.15) is 16.8 Å². The van der Waals surface area contributed by atoms with Gasteiger partial charge in [0.05, 0.1) is 5.69 Å². The second-order valence-corrected chi connectivity index (χ2v) is 7.07. The second-order valence-electron chi connectivity index (χ2n) is 7.07. The van der Waals surface area contributed by atoms with Crippen LogP contribution in [-0.4, -0.2) is 31.8 Å². The van der Waals surface area contributed by atoms with Crippen LogP contribution in [0.5, 0.6) is 11.5 Å². The van der Waals surface area contributed by atoms with Gasteiger partial charge in [-0.3, -0.25) is 9.69 Å². The van der Waals surface area contributed by atoms with Crippen LogP contribution in [0.4, 0.5) is 20.6 Å². The Morgan fingerprint density at radius 1 is 0.938 bits per heavy atom. The lowest BCUT2D eigenvalue weighted by molar-refractivity contribution is 0.0953. The Kier molecular flexibility index (Phi) is 6.50. The molecule has 0 spiro atoms. The lowest BCUT2D eigenvalue weighted by Gasteiger charge is -2.23. The van der Waals surface area contributed by atoms with Gasteiger partial charge < -0.3 is 20.1 Å². The predicted molar refractivity (Wildman–Crippen MR) is 119 cm³/mol. The number of carbonyl (C=O) groups is 2. The van der Waals surface area contributed by atoms with Crippen LogP contribution in [0.15, 0.2) is 72.8 Å². The van der Waals surface area contributed by atoms with Gasteiger partial charge in [-0.2, -0.15) is 0 Å². The molecule has 0 atom stereocenters. The van der Waals surface area contributed by atoms with Crippen molar-refractivity contribution in [1.82, 2.24) is 5.32 Å². The van der Waals surface area contributed by atoms with E-state index < -0.39 is 11.8 Å². The van der Waals surface area contributed by atoms with E-state index in [0.29, 0.717) is 42.3 Å².